The number of aliphatic hydroxyl groups is 1. The molecule has 0 aliphatic heterocycles. The fourth-order valence-corrected chi connectivity index (χ4v) is 1.32. The van der Waals surface area contributed by atoms with Crippen LogP contribution in [0.5, 0.6) is 5.75 Å². The molecule has 1 aromatic carbocycles. The molecule has 1 heterocycles. The molecule has 0 saturated carbocycles. The molecule has 5 nitrogen and oxygen atoms in total. The van der Waals surface area contributed by atoms with Crippen molar-refractivity contribution in [3.8, 4) is 17.2 Å². The minimum absolute atomic E-state index is 0.198. The van der Waals surface area contributed by atoms with E-state index in [9.17, 15) is 5.11 Å². The van der Waals surface area contributed by atoms with Crippen LogP contribution in [0.1, 0.15) is 19.7 Å². The second-order valence-corrected chi connectivity index (χ2v) is 4.20. The van der Waals surface area contributed by atoms with Gasteiger partial charge in [0.15, 0.2) is 0 Å². The minimum atomic E-state index is -1.13. The van der Waals surface area contributed by atoms with E-state index in [4.69, 9.17) is 9.15 Å². The Kier molecular flexibility index (Phi) is 2.85. The van der Waals surface area contributed by atoms with Crippen molar-refractivity contribution in [2.24, 2.45) is 0 Å². The molecule has 0 fully saturated rings. The molecule has 1 aromatic heterocycles. The summed E-state index contributed by atoms with van der Waals surface area (Å²) in [6, 6.07) is 7.26. The molecule has 5 heteroatoms. The summed E-state index contributed by atoms with van der Waals surface area (Å²) in [7, 11) is 1.61. The van der Waals surface area contributed by atoms with Gasteiger partial charge in [0, 0.05) is 5.56 Å². The molecule has 0 radical (unpaired) electrons. The molecule has 0 amide bonds. The van der Waals surface area contributed by atoms with Gasteiger partial charge in [-0.1, -0.05) is 0 Å². The van der Waals surface area contributed by atoms with Gasteiger partial charge >= 0.3 is 0 Å². The lowest BCUT2D eigenvalue weighted by atomic mass is 10.1. The predicted molar refractivity (Wildman–Crippen MR) is 61.5 cm³/mol. The zero-order valence-electron chi connectivity index (χ0n) is 9.97. The van der Waals surface area contributed by atoms with Crippen LogP contribution in [0.4, 0.5) is 0 Å². The summed E-state index contributed by atoms with van der Waals surface area (Å²) in [5, 5.41) is 17.4. The third kappa shape index (κ3) is 2.45. The van der Waals surface area contributed by atoms with Gasteiger partial charge in [-0.2, -0.15) is 0 Å². The first-order valence-corrected chi connectivity index (χ1v) is 5.21. The lowest BCUT2D eigenvalue weighted by Crippen LogP contribution is -2.15. The number of hydrogen-bond donors (Lipinski definition) is 1. The van der Waals surface area contributed by atoms with Crippen molar-refractivity contribution in [3.63, 3.8) is 0 Å². The molecule has 90 valence electrons. The Balaban J connectivity index is 2.30. The van der Waals surface area contributed by atoms with Crippen molar-refractivity contribution < 1.29 is 14.3 Å². The van der Waals surface area contributed by atoms with Gasteiger partial charge in [-0.25, -0.2) is 0 Å². The van der Waals surface area contributed by atoms with Crippen LogP contribution >= 0.6 is 0 Å². The average Bonchev–Trinajstić information content (AvgIpc) is 2.78. The summed E-state index contributed by atoms with van der Waals surface area (Å²) >= 11 is 0. The zero-order valence-corrected chi connectivity index (χ0v) is 9.97. The van der Waals surface area contributed by atoms with Crippen molar-refractivity contribution >= 4 is 0 Å². The highest BCUT2D eigenvalue weighted by Gasteiger charge is 2.23. The van der Waals surface area contributed by atoms with Gasteiger partial charge in [0.05, 0.1) is 7.11 Å². The number of hydrogen-bond acceptors (Lipinski definition) is 5. The molecule has 0 saturated heterocycles. The Bertz CT molecular complexity index is 497. The Morgan fingerprint density at radius 1 is 1.18 bits per heavy atom. The molecule has 1 N–H and O–H groups in total. The molecule has 0 aliphatic carbocycles. The van der Waals surface area contributed by atoms with Gasteiger partial charge in [-0.15, -0.1) is 10.2 Å². The highest BCUT2D eigenvalue weighted by atomic mass is 16.5. The maximum absolute atomic E-state index is 9.72. The van der Waals surface area contributed by atoms with E-state index >= 15 is 0 Å². The monoisotopic (exact) mass is 234 g/mol. The van der Waals surface area contributed by atoms with Crippen LogP contribution in [-0.4, -0.2) is 22.4 Å². The van der Waals surface area contributed by atoms with E-state index in [1.807, 2.05) is 24.3 Å². The fourth-order valence-electron chi connectivity index (χ4n) is 1.32. The van der Waals surface area contributed by atoms with Crippen LogP contribution in [0.2, 0.25) is 0 Å². The zero-order chi connectivity index (χ0) is 12.5. The first kappa shape index (κ1) is 11.6. The Hall–Kier alpha value is -1.88. The lowest BCUT2D eigenvalue weighted by Gasteiger charge is -2.09. The number of nitrogens with zero attached hydrogens (tertiary/aromatic N) is 2. The summed E-state index contributed by atoms with van der Waals surface area (Å²) in [5.41, 5.74) is -0.341. The van der Waals surface area contributed by atoms with Crippen molar-refractivity contribution in [1.29, 1.82) is 0 Å². The number of benzene rings is 1. The minimum Gasteiger partial charge on any atom is -0.497 e. The summed E-state index contributed by atoms with van der Waals surface area (Å²) < 4.78 is 10.5. The van der Waals surface area contributed by atoms with E-state index in [1.165, 1.54) is 0 Å². The van der Waals surface area contributed by atoms with Crippen LogP contribution in [-0.2, 0) is 5.60 Å². The van der Waals surface area contributed by atoms with Gasteiger partial charge in [0.25, 0.3) is 0 Å². The van der Waals surface area contributed by atoms with Gasteiger partial charge in [-0.05, 0) is 38.1 Å². The molecular formula is C12H14N2O3. The van der Waals surface area contributed by atoms with Crippen LogP contribution in [0.25, 0.3) is 11.5 Å². The molecule has 2 rings (SSSR count). The van der Waals surface area contributed by atoms with E-state index in [0.717, 1.165) is 11.3 Å². The van der Waals surface area contributed by atoms with Crippen molar-refractivity contribution in [3.05, 3.63) is 30.2 Å². The number of methoxy groups -OCH3 is 1. The SMILES string of the molecule is COc1ccc(-c2nnc(C(C)(C)O)o2)cc1. The molecule has 2 aromatic rings. The Labute approximate surface area is 99.1 Å². The maximum atomic E-state index is 9.72. The predicted octanol–water partition coefficient (Wildman–Crippen LogP) is 1.97. The quantitative estimate of drug-likeness (QED) is 0.879. The first-order chi connectivity index (χ1) is 8.00. The molecule has 0 unspecified atom stereocenters. The fraction of sp³-hybridized carbons (Fsp3) is 0.333. The molecule has 0 bridgehead atoms. The molecular weight excluding hydrogens is 220 g/mol. The number of rotatable bonds is 3. The highest BCUT2D eigenvalue weighted by molar-refractivity contribution is 5.53. The summed E-state index contributed by atoms with van der Waals surface area (Å²) in [5.74, 6) is 1.34. The summed E-state index contributed by atoms with van der Waals surface area (Å²) in [6.45, 7) is 3.19. The van der Waals surface area contributed by atoms with Crippen molar-refractivity contribution in [2.45, 2.75) is 19.4 Å². The normalized spacial score (nSPS) is 11.5. The van der Waals surface area contributed by atoms with Crippen LogP contribution < -0.4 is 4.74 Å². The third-order valence-electron chi connectivity index (χ3n) is 2.29. The van der Waals surface area contributed by atoms with E-state index in [1.54, 1.807) is 21.0 Å². The van der Waals surface area contributed by atoms with E-state index in [0.29, 0.717) is 5.89 Å². The maximum Gasteiger partial charge on any atom is 0.247 e. The molecule has 0 atom stereocenters. The molecule has 0 aliphatic rings. The van der Waals surface area contributed by atoms with Crippen LogP contribution in [0.3, 0.4) is 0 Å². The molecule has 17 heavy (non-hydrogen) atoms. The van der Waals surface area contributed by atoms with Crippen LogP contribution in [0.15, 0.2) is 28.7 Å². The summed E-state index contributed by atoms with van der Waals surface area (Å²) in [4.78, 5) is 0. The first-order valence-electron chi connectivity index (χ1n) is 5.21. The van der Waals surface area contributed by atoms with E-state index < -0.39 is 5.60 Å². The van der Waals surface area contributed by atoms with Gasteiger partial charge in [-0.3, -0.25) is 0 Å². The Morgan fingerprint density at radius 3 is 2.29 bits per heavy atom. The van der Waals surface area contributed by atoms with Crippen molar-refractivity contribution in [2.75, 3.05) is 7.11 Å². The second kappa shape index (κ2) is 4.18. The van der Waals surface area contributed by atoms with Gasteiger partial charge < -0.3 is 14.3 Å². The third-order valence-corrected chi connectivity index (χ3v) is 2.29. The van der Waals surface area contributed by atoms with Gasteiger partial charge in [0.1, 0.15) is 11.4 Å². The standard InChI is InChI=1S/C12H14N2O3/c1-12(2,15)11-14-13-10(17-11)8-4-6-9(16-3)7-5-8/h4-7,15H,1-3H3. The average molecular weight is 234 g/mol. The highest BCUT2D eigenvalue weighted by Crippen LogP contribution is 2.24. The second-order valence-electron chi connectivity index (χ2n) is 4.20. The number of ether oxygens (including phenoxy) is 1. The van der Waals surface area contributed by atoms with Crippen molar-refractivity contribution in [1.82, 2.24) is 10.2 Å². The lowest BCUT2D eigenvalue weighted by molar-refractivity contribution is 0.0488. The summed E-state index contributed by atoms with van der Waals surface area (Å²) in [6.07, 6.45) is 0. The molecule has 0 spiro atoms. The van der Waals surface area contributed by atoms with E-state index in [2.05, 4.69) is 10.2 Å². The number of aromatic nitrogens is 2. The van der Waals surface area contributed by atoms with E-state index in [-0.39, 0.29) is 5.89 Å². The smallest absolute Gasteiger partial charge is 0.247 e. The van der Waals surface area contributed by atoms with Gasteiger partial charge in [0.2, 0.25) is 11.8 Å². The topological polar surface area (TPSA) is 68.4 Å². The Morgan fingerprint density at radius 2 is 1.82 bits per heavy atom. The van der Waals surface area contributed by atoms with Crippen LogP contribution in [0, 0.1) is 0 Å². The largest absolute Gasteiger partial charge is 0.497 e.